The molecule has 0 spiro atoms. The van der Waals surface area contributed by atoms with Gasteiger partial charge in [0, 0.05) is 35.1 Å². The Morgan fingerprint density at radius 2 is 1.83 bits per heavy atom. The predicted molar refractivity (Wildman–Crippen MR) is 142 cm³/mol. The van der Waals surface area contributed by atoms with Crippen LogP contribution in [0.4, 0.5) is 15.3 Å². The number of fused-ring (bicyclic) bond motifs is 1. The van der Waals surface area contributed by atoms with Gasteiger partial charge in [-0.15, -0.1) is 22.7 Å². The van der Waals surface area contributed by atoms with Crippen molar-refractivity contribution in [1.82, 2.24) is 15.3 Å². The van der Waals surface area contributed by atoms with Crippen molar-refractivity contribution in [1.29, 1.82) is 0 Å². The highest BCUT2D eigenvalue weighted by atomic mass is 35.5. The van der Waals surface area contributed by atoms with Crippen molar-refractivity contribution in [3.8, 4) is 0 Å². The Hall–Kier alpha value is -2.43. The van der Waals surface area contributed by atoms with Crippen molar-refractivity contribution >= 4 is 62.4 Å². The second-order valence-corrected chi connectivity index (χ2v) is 12.4. The van der Waals surface area contributed by atoms with Gasteiger partial charge in [-0.1, -0.05) is 11.6 Å². The van der Waals surface area contributed by atoms with Crippen LogP contribution in [0.2, 0.25) is 5.02 Å². The first-order chi connectivity index (χ1) is 16.2. The van der Waals surface area contributed by atoms with Crippen LogP contribution in [0.15, 0.2) is 17.6 Å². The number of thiazole rings is 1. The molecule has 3 rings (SSSR count). The molecular formula is C24H31ClN4O4S2. The summed E-state index contributed by atoms with van der Waals surface area (Å²) in [5.41, 5.74) is 0.767. The van der Waals surface area contributed by atoms with Crippen molar-refractivity contribution in [3.05, 3.63) is 38.2 Å². The molecule has 0 fully saturated rings. The van der Waals surface area contributed by atoms with Gasteiger partial charge < -0.3 is 14.8 Å². The lowest BCUT2D eigenvalue weighted by Gasteiger charge is -2.27. The lowest BCUT2D eigenvalue weighted by atomic mass is 10.2. The average Bonchev–Trinajstić information content (AvgIpc) is 3.32. The summed E-state index contributed by atoms with van der Waals surface area (Å²) in [7, 11) is 0. The van der Waals surface area contributed by atoms with Crippen LogP contribution in [0, 0.1) is 6.92 Å². The number of rotatable bonds is 6. The molecule has 35 heavy (non-hydrogen) atoms. The van der Waals surface area contributed by atoms with Crippen LogP contribution >= 0.6 is 34.3 Å². The molecule has 8 nitrogen and oxygen atoms in total. The number of hydrogen-bond acceptors (Lipinski definition) is 8. The number of anilines is 1. The smallest absolute Gasteiger partial charge is 0.415 e. The molecule has 0 aromatic carbocycles. The molecule has 0 atom stereocenters. The van der Waals surface area contributed by atoms with Gasteiger partial charge in [-0.2, -0.15) is 0 Å². The van der Waals surface area contributed by atoms with Gasteiger partial charge in [0.05, 0.1) is 22.0 Å². The molecule has 0 aliphatic heterocycles. The maximum absolute atomic E-state index is 13.3. The molecule has 0 saturated heterocycles. The van der Waals surface area contributed by atoms with Crippen molar-refractivity contribution < 1.29 is 19.1 Å². The number of nitrogens with one attached hydrogen (secondary N) is 1. The normalized spacial score (nSPS) is 12.0. The van der Waals surface area contributed by atoms with Gasteiger partial charge in [-0.25, -0.2) is 14.6 Å². The van der Waals surface area contributed by atoms with E-state index >= 15 is 0 Å². The molecular weight excluding hydrogens is 508 g/mol. The maximum atomic E-state index is 13.3. The van der Waals surface area contributed by atoms with Gasteiger partial charge in [-0.3, -0.25) is 9.88 Å². The summed E-state index contributed by atoms with van der Waals surface area (Å²) in [6.45, 7) is 13.4. The summed E-state index contributed by atoms with van der Waals surface area (Å²) >= 11 is 9.63. The summed E-state index contributed by atoms with van der Waals surface area (Å²) in [6, 6.07) is 1.86. The molecule has 0 unspecified atom stereocenters. The first-order valence-corrected chi connectivity index (χ1v) is 13.2. The minimum atomic E-state index is -0.662. The molecule has 2 amide bonds. The van der Waals surface area contributed by atoms with E-state index in [2.05, 4.69) is 15.3 Å². The zero-order chi connectivity index (χ0) is 26.0. The largest absolute Gasteiger partial charge is 0.444 e. The van der Waals surface area contributed by atoms with E-state index in [-0.39, 0.29) is 6.54 Å². The van der Waals surface area contributed by atoms with Gasteiger partial charge in [0.2, 0.25) is 0 Å². The quantitative estimate of drug-likeness (QED) is 0.374. The Balaban J connectivity index is 1.94. The Bertz CT molecular complexity index is 1200. The third-order valence-corrected chi connectivity index (χ3v) is 7.01. The lowest BCUT2D eigenvalue weighted by Crippen LogP contribution is -2.36. The van der Waals surface area contributed by atoms with Crippen LogP contribution in [0.3, 0.4) is 0 Å². The van der Waals surface area contributed by atoms with Crippen LogP contribution in [-0.2, 0) is 22.4 Å². The average molecular weight is 539 g/mol. The van der Waals surface area contributed by atoms with Crippen molar-refractivity contribution in [2.75, 3.05) is 11.4 Å². The number of nitrogens with zero attached hydrogens (tertiary/aromatic N) is 3. The highest BCUT2D eigenvalue weighted by Gasteiger charge is 2.28. The molecule has 3 aromatic rings. The Morgan fingerprint density at radius 3 is 2.43 bits per heavy atom. The van der Waals surface area contributed by atoms with Crippen molar-refractivity contribution in [3.63, 3.8) is 0 Å². The summed E-state index contributed by atoms with van der Waals surface area (Å²) in [5, 5.41) is 5.92. The van der Waals surface area contributed by atoms with Gasteiger partial charge in [-0.05, 0) is 54.5 Å². The molecule has 0 aliphatic rings. The van der Waals surface area contributed by atoms with Gasteiger partial charge in [0.25, 0.3) is 0 Å². The minimum Gasteiger partial charge on any atom is -0.444 e. The molecule has 190 valence electrons. The standard InChI is InChI=1S/C24H31ClN4O4S2/c1-14-12-15(29(13-17-26-10-11-34-17)22(31)33-24(5,6)7)20-19(28-14)18(25)16(35-20)8-9-27-21(30)32-23(2,3)4/h10-12H,8-9,13H2,1-7H3,(H,27,30). The van der Waals surface area contributed by atoms with E-state index in [1.165, 1.54) is 22.7 Å². The number of carbonyl (C=O) groups is 2. The predicted octanol–water partition coefficient (Wildman–Crippen LogP) is 6.72. The summed E-state index contributed by atoms with van der Waals surface area (Å²) in [4.78, 5) is 36.7. The molecule has 0 saturated carbocycles. The first kappa shape index (κ1) is 27.2. The number of halogens is 1. The summed E-state index contributed by atoms with van der Waals surface area (Å²) < 4.78 is 11.8. The maximum Gasteiger partial charge on any atom is 0.415 e. The molecule has 3 heterocycles. The zero-order valence-electron chi connectivity index (χ0n) is 21.0. The fraction of sp³-hybridized carbons (Fsp3) is 0.500. The number of aryl methyl sites for hydroxylation is 1. The van der Waals surface area contributed by atoms with Crippen LogP contribution in [-0.4, -0.2) is 39.9 Å². The highest BCUT2D eigenvalue weighted by molar-refractivity contribution is 7.20. The van der Waals surface area contributed by atoms with Crippen molar-refractivity contribution in [2.45, 2.75) is 72.6 Å². The van der Waals surface area contributed by atoms with Gasteiger partial charge in [0.15, 0.2) is 0 Å². The van der Waals surface area contributed by atoms with Gasteiger partial charge in [0.1, 0.15) is 21.7 Å². The molecule has 0 radical (unpaired) electrons. The molecule has 0 bridgehead atoms. The number of pyridine rings is 1. The fourth-order valence-electron chi connectivity index (χ4n) is 3.18. The Labute approximate surface area is 218 Å². The summed E-state index contributed by atoms with van der Waals surface area (Å²) in [6.07, 6.45) is 1.25. The first-order valence-electron chi connectivity index (χ1n) is 11.2. The second-order valence-electron chi connectivity index (χ2n) is 9.97. The topological polar surface area (TPSA) is 93.7 Å². The highest BCUT2D eigenvalue weighted by Crippen LogP contribution is 2.41. The fourth-order valence-corrected chi connectivity index (χ4v) is 5.34. The van der Waals surface area contributed by atoms with Crippen LogP contribution in [0.5, 0.6) is 0 Å². The monoisotopic (exact) mass is 538 g/mol. The third-order valence-electron chi connectivity index (χ3n) is 4.46. The van der Waals surface area contributed by atoms with Crippen LogP contribution < -0.4 is 10.2 Å². The molecule has 0 aliphatic carbocycles. The van der Waals surface area contributed by atoms with Crippen LogP contribution in [0.25, 0.3) is 10.2 Å². The number of ether oxygens (including phenoxy) is 2. The lowest BCUT2D eigenvalue weighted by molar-refractivity contribution is 0.0526. The number of alkyl carbamates (subject to hydrolysis) is 1. The van der Waals surface area contributed by atoms with Gasteiger partial charge >= 0.3 is 12.2 Å². The number of amides is 2. The molecule has 11 heteroatoms. The van der Waals surface area contributed by atoms with E-state index in [0.717, 1.165) is 20.3 Å². The number of thiophene rings is 1. The number of hydrogen-bond donors (Lipinski definition) is 1. The van der Waals surface area contributed by atoms with E-state index in [4.69, 9.17) is 21.1 Å². The Morgan fingerprint density at radius 1 is 1.14 bits per heavy atom. The van der Waals surface area contributed by atoms with E-state index in [1.54, 1.807) is 11.1 Å². The number of aromatic nitrogens is 2. The zero-order valence-corrected chi connectivity index (χ0v) is 23.4. The minimum absolute atomic E-state index is 0.260. The number of carbonyl (C=O) groups excluding carboxylic acids is 2. The Kier molecular flexibility index (Phi) is 8.28. The van der Waals surface area contributed by atoms with Crippen LogP contribution in [0.1, 0.15) is 57.1 Å². The van der Waals surface area contributed by atoms with E-state index in [1.807, 2.05) is 59.9 Å². The van der Waals surface area contributed by atoms with E-state index in [9.17, 15) is 9.59 Å². The van der Waals surface area contributed by atoms with E-state index < -0.39 is 23.4 Å². The van der Waals surface area contributed by atoms with Crippen molar-refractivity contribution in [2.24, 2.45) is 0 Å². The molecule has 1 N–H and O–H groups in total. The third kappa shape index (κ3) is 7.52. The second kappa shape index (κ2) is 10.7. The molecule has 3 aromatic heterocycles. The van der Waals surface area contributed by atoms with E-state index in [0.29, 0.717) is 29.2 Å². The summed E-state index contributed by atoms with van der Waals surface area (Å²) in [5.74, 6) is 0. The SMILES string of the molecule is Cc1cc(N(Cc2nccs2)C(=O)OC(C)(C)C)c2sc(CCNC(=O)OC(C)(C)C)c(Cl)c2n1.